The maximum absolute atomic E-state index is 13.2. The Hall–Kier alpha value is -3.67. The number of ether oxygens (including phenoxy) is 2. The molecule has 0 aliphatic rings. The molecule has 0 fully saturated rings. The molecule has 0 heterocycles. The van der Waals surface area contributed by atoms with Gasteiger partial charge in [0.05, 0.1) is 18.6 Å². The van der Waals surface area contributed by atoms with E-state index in [0.717, 1.165) is 0 Å². The Labute approximate surface area is 254 Å². The molecular formula is C31H49N3O9. The fraction of sp³-hybridized carbons (Fsp3) is 0.645. The molecule has 0 saturated carbocycles. The summed E-state index contributed by atoms with van der Waals surface area (Å²) in [5.74, 6) is -3.36. The molecule has 3 amide bonds. The smallest absolute Gasteiger partial charge is 0.407 e. The molecule has 0 bridgehead atoms. The molecule has 0 saturated heterocycles. The zero-order chi connectivity index (χ0) is 32.7. The summed E-state index contributed by atoms with van der Waals surface area (Å²) >= 11 is 0. The van der Waals surface area contributed by atoms with Crippen LogP contribution in [-0.2, 0) is 35.3 Å². The molecule has 12 heteroatoms. The van der Waals surface area contributed by atoms with E-state index in [4.69, 9.17) is 9.47 Å². The lowest BCUT2D eigenvalue weighted by Gasteiger charge is -2.28. The van der Waals surface area contributed by atoms with E-state index in [9.17, 15) is 34.2 Å². The Morgan fingerprint density at radius 3 is 2.00 bits per heavy atom. The number of carboxylic acids is 1. The third kappa shape index (κ3) is 16.5. The number of carbonyl (C=O) groups excluding carboxylic acids is 4. The first kappa shape index (κ1) is 37.4. The number of aliphatic hydroxyl groups is 1. The van der Waals surface area contributed by atoms with Crippen molar-refractivity contribution in [2.45, 2.75) is 117 Å². The maximum Gasteiger partial charge on any atom is 0.407 e. The van der Waals surface area contributed by atoms with Gasteiger partial charge in [-0.3, -0.25) is 14.4 Å². The summed E-state index contributed by atoms with van der Waals surface area (Å²) < 4.78 is 10.5. The second-order valence-corrected chi connectivity index (χ2v) is 12.5. The van der Waals surface area contributed by atoms with E-state index >= 15 is 0 Å². The first-order valence-electron chi connectivity index (χ1n) is 14.7. The lowest BCUT2D eigenvalue weighted by Crippen LogP contribution is -2.53. The Morgan fingerprint density at radius 1 is 0.860 bits per heavy atom. The van der Waals surface area contributed by atoms with Crippen molar-refractivity contribution in [1.82, 2.24) is 16.0 Å². The van der Waals surface area contributed by atoms with Gasteiger partial charge in [-0.2, -0.15) is 0 Å². The highest BCUT2D eigenvalue weighted by molar-refractivity contribution is 5.92. The van der Waals surface area contributed by atoms with Crippen molar-refractivity contribution in [3.63, 3.8) is 0 Å². The van der Waals surface area contributed by atoms with Crippen LogP contribution in [0.25, 0.3) is 0 Å². The molecule has 5 N–H and O–H groups in total. The van der Waals surface area contributed by atoms with Crippen molar-refractivity contribution >= 4 is 29.8 Å². The molecule has 1 unspecified atom stereocenters. The zero-order valence-corrected chi connectivity index (χ0v) is 26.3. The third-order valence-electron chi connectivity index (χ3n) is 6.12. The van der Waals surface area contributed by atoms with Gasteiger partial charge in [-0.1, -0.05) is 58.0 Å². The van der Waals surface area contributed by atoms with Crippen LogP contribution >= 0.6 is 0 Å². The predicted molar refractivity (Wildman–Crippen MR) is 160 cm³/mol. The SMILES string of the molecule is CC(C)C[C@H](NC(=O)CCC(O)[C@H](CC(C)C)NC(=O)OC(C)(C)C)C(=O)N[C@@H](CC(=O)O)C(=O)OCc1ccccc1. The van der Waals surface area contributed by atoms with Gasteiger partial charge < -0.3 is 35.6 Å². The topological polar surface area (TPSA) is 180 Å². The number of amides is 3. The van der Waals surface area contributed by atoms with Gasteiger partial charge in [-0.05, 0) is 57.4 Å². The van der Waals surface area contributed by atoms with Crippen molar-refractivity contribution < 1.29 is 43.7 Å². The molecule has 1 aromatic rings. The Morgan fingerprint density at radius 2 is 1.47 bits per heavy atom. The number of esters is 1. The molecular weight excluding hydrogens is 558 g/mol. The predicted octanol–water partition coefficient (Wildman–Crippen LogP) is 3.30. The molecule has 0 radical (unpaired) electrons. The highest BCUT2D eigenvalue weighted by Gasteiger charge is 2.31. The Balaban J connectivity index is 2.85. The van der Waals surface area contributed by atoms with E-state index in [1.807, 2.05) is 27.7 Å². The highest BCUT2D eigenvalue weighted by atomic mass is 16.6. The van der Waals surface area contributed by atoms with Crippen molar-refractivity contribution in [3.8, 4) is 0 Å². The number of benzene rings is 1. The minimum atomic E-state index is -1.46. The van der Waals surface area contributed by atoms with Crippen LogP contribution < -0.4 is 16.0 Å². The van der Waals surface area contributed by atoms with Crippen LogP contribution in [0, 0.1) is 11.8 Å². The fourth-order valence-electron chi connectivity index (χ4n) is 4.20. The average Bonchev–Trinajstić information content (AvgIpc) is 2.87. The first-order chi connectivity index (χ1) is 20.0. The summed E-state index contributed by atoms with van der Waals surface area (Å²) in [6, 6.07) is 5.62. The van der Waals surface area contributed by atoms with Crippen LogP contribution in [0.4, 0.5) is 4.79 Å². The van der Waals surface area contributed by atoms with Crippen molar-refractivity contribution in [2.24, 2.45) is 11.8 Å². The van der Waals surface area contributed by atoms with Gasteiger partial charge in [0.2, 0.25) is 11.8 Å². The van der Waals surface area contributed by atoms with Gasteiger partial charge in [-0.15, -0.1) is 0 Å². The first-order valence-corrected chi connectivity index (χ1v) is 14.7. The van der Waals surface area contributed by atoms with E-state index in [0.29, 0.717) is 12.0 Å². The number of carbonyl (C=O) groups is 5. The lowest BCUT2D eigenvalue weighted by atomic mass is 9.96. The molecule has 1 aromatic carbocycles. The van der Waals surface area contributed by atoms with E-state index < -0.39 is 66.1 Å². The van der Waals surface area contributed by atoms with E-state index in [-0.39, 0.29) is 37.7 Å². The molecule has 12 nitrogen and oxygen atoms in total. The molecule has 0 spiro atoms. The van der Waals surface area contributed by atoms with E-state index in [1.54, 1.807) is 51.1 Å². The number of hydrogen-bond donors (Lipinski definition) is 5. The molecule has 242 valence electrons. The monoisotopic (exact) mass is 607 g/mol. The quantitative estimate of drug-likeness (QED) is 0.166. The van der Waals surface area contributed by atoms with Crippen LogP contribution in [0.3, 0.4) is 0 Å². The summed E-state index contributed by atoms with van der Waals surface area (Å²) in [5.41, 5.74) is -0.0221. The summed E-state index contributed by atoms with van der Waals surface area (Å²) in [6.07, 6.45) is -1.91. The van der Waals surface area contributed by atoms with Crippen LogP contribution in [0.15, 0.2) is 30.3 Å². The maximum atomic E-state index is 13.2. The second kappa shape index (κ2) is 18.1. The zero-order valence-electron chi connectivity index (χ0n) is 26.3. The normalized spacial score (nSPS) is 14.3. The number of aliphatic hydroxyl groups excluding tert-OH is 1. The minimum absolute atomic E-state index is 0.00247. The molecule has 0 aromatic heterocycles. The number of alkyl carbamates (subject to hydrolysis) is 1. The molecule has 43 heavy (non-hydrogen) atoms. The third-order valence-corrected chi connectivity index (χ3v) is 6.12. The van der Waals surface area contributed by atoms with Gasteiger partial charge in [-0.25, -0.2) is 9.59 Å². The minimum Gasteiger partial charge on any atom is -0.481 e. The summed E-state index contributed by atoms with van der Waals surface area (Å²) in [5, 5.41) is 27.8. The molecule has 4 atom stereocenters. The number of carboxylic acid groups (broad SMARTS) is 1. The Bertz CT molecular complexity index is 1050. The summed E-state index contributed by atoms with van der Waals surface area (Å²) in [6.45, 7) is 12.7. The number of hydrogen-bond acceptors (Lipinski definition) is 8. The largest absolute Gasteiger partial charge is 0.481 e. The summed E-state index contributed by atoms with van der Waals surface area (Å²) in [4.78, 5) is 62.4. The highest BCUT2D eigenvalue weighted by Crippen LogP contribution is 2.15. The Kier molecular flexibility index (Phi) is 15.7. The van der Waals surface area contributed by atoms with Crippen molar-refractivity contribution in [1.29, 1.82) is 0 Å². The van der Waals surface area contributed by atoms with Crippen LogP contribution in [0.2, 0.25) is 0 Å². The van der Waals surface area contributed by atoms with Gasteiger partial charge >= 0.3 is 18.0 Å². The lowest BCUT2D eigenvalue weighted by molar-refractivity contribution is -0.153. The van der Waals surface area contributed by atoms with Crippen LogP contribution in [-0.4, -0.2) is 69.9 Å². The van der Waals surface area contributed by atoms with E-state index in [2.05, 4.69) is 16.0 Å². The fourth-order valence-corrected chi connectivity index (χ4v) is 4.20. The van der Waals surface area contributed by atoms with Crippen molar-refractivity contribution in [3.05, 3.63) is 35.9 Å². The summed E-state index contributed by atoms with van der Waals surface area (Å²) in [7, 11) is 0. The number of aliphatic carboxylic acids is 1. The van der Waals surface area contributed by atoms with Crippen molar-refractivity contribution in [2.75, 3.05) is 0 Å². The van der Waals surface area contributed by atoms with E-state index in [1.165, 1.54) is 0 Å². The van der Waals surface area contributed by atoms with Gasteiger partial charge in [0.1, 0.15) is 24.3 Å². The molecule has 1 rings (SSSR count). The second-order valence-electron chi connectivity index (χ2n) is 12.5. The van der Waals surface area contributed by atoms with Gasteiger partial charge in [0.25, 0.3) is 0 Å². The standard InChI is InChI=1S/C31H49N3O9/c1-19(2)15-22(34-30(41)43-31(5,6)7)25(35)13-14-26(36)32-23(16-20(3)4)28(39)33-24(17-27(37)38)29(40)42-18-21-11-9-8-10-12-21/h8-12,19-20,22-25,35H,13-18H2,1-7H3,(H,32,36)(H,33,39)(H,34,41)(H,37,38)/t22-,23-,24-,25?/m0/s1. The van der Waals surface area contributed by atoms with Gasteiger partial charge in [0, 0.05) is 6.42 Å². The average molecular weight is 608 g/mol. The van der Waals surface area contributed by atoms with Gasteiger partial charge in [0.15, 0.2) is 0 Å². The molecule has 0 aliphatic carbocycles. The molecule has 0 aliphatic heterocycles. The van der Waals surface area contributed by atoms with Crippen LogP contribution in [0.1, 0.15) is 86.1 Å². The number of rotatable bonds is 17. The number of nitrogens with one attached hydrogen (secondary N) is 3. The van der Waals surface area contributed by atoms with Crippen LogP contribution in [0.5, 0.6) is 0 Å².